The summed E-state index contributed by atoms with van der Waals surface area (Å²) in [5, 5.41) is 14.0. The van der Waals surface area contributed by atoms with E-state index in [1.807, 2.05) is 19.9 Å². The molecular formula is C26H22Cl2N2O4. The first-order chi connectivity index (χ1) is 16.2. The molecule has 0 saturated heterocycles. The molecule has 0 bridgehead atoms. The van der Waals surface area contributed by atoms with Gasteiger partial charge in [0.15, 0.2) is 6.04 Å². The largest absolute Gasteiger partial charge is 0.479 e. The van der Waals surface area contributed by atoms with Crippen LogP contribution >= 0.6 is 23.2 Å². The Morgan fingerprint density at radius 2 is 1.47 bits per heavy atom. The fourth-order valence-corrected chi connectivity index (χ4v) is 4.33. The smallest absolute Gasteiger partial charge is 0.331 e. The highest BCUT2D eigenvalue weighted by Crippen LogP contribution is 2.39. The number of hydrogen-bond donors (Lipinski definition) is 2. The minimum atomic E-state index is -1.44. The number of halogens is 2. The Morgan fingerprint density at radius 3 is 2.03 bits per heavy atom. The normalized spacial score (nSPS) is 16.6. The summed E-state index contributed by atoms with van der Waals surface area (Å²) in [4.78, 5) is 41.2. The van der Waals surface area contributed by atoms with Crippen molar-refractivity contribution in [2.24, 2.45) is 0 Å². The summed E-state index contributed by atoms with van der Waals surface area (Å²) in [5.74, 6) is -2.24. The lowest BCUT2D eigenvalue weighted by atomic mass is 9.96. The number of amides is 2. The van der Waals surface area contributed by atoms with Gasteiger partial charge in [-0.05, 0) is 59.0 Å². The van der Waals surface area contributed by atoms with Crippen molar-refractivity contribution in [3.8, 4) is 0 Å². The molecule has 8 heteroatoms. The van der Waals surface area contributed by atoms with E-state index in [1.165, 1.54) is 0 Å². The minimum Gasteiger partial charge on any atom is -0.479 e. The highest BCUT2D eigenvalue weighted by Gasteiger charge is 2.44. The molecule has 0 aromatic heterocycles. The Bertz CT molecular complexity index is 1260. The van der Waals surface area contributed by atoms with Crippen LogP contribution in [-0.4, -0.2) is 27.8 Å². The van der Waals surface area contributed by atoms with E-state index in [0.29, 0.717) is 26.9 Å². The van der Waals surface area contributed by atoms with Crippen molar-refractivity contribution in [1.29, 1.82) is 0 Å². The zero-order chi connectivity index (χ0) is 24.6. The molecule has 2 amide bonds. The average molecular weight is 497 g/mol. The molecule has 34 heavy (non-hydrogen) atoms. The van der Waals surface area contributed by atoms with Gasteiger partial charge in [-0.2, -0.15) is 0 Å². The molecule has 174 valence electrons. The molecule has 4 rings (SSSR count). The van der Waals surface area contributed by atoms with Gasteiger partial charge in [0.25, 0.3) is 11.8 Å². The van der Waals surface area contributed by atoms with Crippen LogP contribution in [0.4, 0.5) is 5.69 Å². The predicted octanol–water partition coefficient (Wildman–Crippen LogP) is 6.08. The molecular weight excluding hydrogens is 475 g/mol. The lowest BCUT2D eigenvalue weighted by Crippen LogP contribution is -2.44. The highest BCUT2D eigenvalue weighted by molar-refractivity contribution is 6.30. The van der Waals surface area contributed by atoms with E-state index < -0.39 is 29.9 Å². The third-order valence-corrected chi connectivity index (χ3v) is 6.35. The Morgan fingerprint density at radius 1 is 0.912 bits per heavy atom. The van der Waals surface area contributed by atoms with E-state index in [9.17, 15) is 19.5 Å². The molecule has 0 spiro atoms. The number of hydrogen-bond acceptors (Lipinski definition) is 3. The second-order valence-corrected chi connectivity index (χ2v) is 9.28. The molecule has 0 saturated carbocycles. The maximum absolute atomic E-state index is 14.0. The number of fused-ring (bicyclic) bond motifs is 1. The predicted molar refractivity (Wildman–Crippen MR) is 131 cm³/mol. The summed E-state index contributed by atoms with van der Waals surface area (Å²) in [6, 6.07) is 15.2. The lowest BCUT2D eigenvalue weighted by molar-refractivity contribution is -0.144. The van der Waals surface area contributed by atoms with Crippen LogP contribution in [0.5, 0.6) is 0 Å². The zero-order valence-electron chi connectivity index (χ0n) is 18.5. The van der Waals surface area contributed by atoms with Crippen LogP contribution in [-0.2, 0) is 9.59 Å². The zero-order valence-corrected chi connectivity index (χ0v) is 20.0. The van der Waals surface area contributed by atoms with Gasteiger partial charge >= 0.3 is 5.97 Å². The van der Waals surface area contributed by atoms with Crippen molar-refractivity contribution in [2.75, 3.05) is 5.32 Å². The molecule has 0 aliphatic carbocycles. The maximum Gasteiger partial charge on any atom is 0.331 e. The van der Waals surface area contributed by atoms with Gasteiger partial charge in [0.05, 0.1) is 11.3 Å². The van der Waals surface area contributed by atoms with E-state index in [0.717, 1.165) is 10.5 Å². The summed E-state index contributed by atoms with van der Waals surface area (Å²) in [6.07, 6.45) is 0. The van der Waals surface area contributed by atoms with E-state index in [4.69, 9.17) is 23.2 Å². The first-order valence-corrected chi connectivity index (χ1v) is 11.4. The molecule has 0 radical (unpaired) electrons. The topological polar surface area (TPSA) is 86.7 Å². The molecule has 0 fully saturated rings. The van der Waals surface area contributed by atoms with E-state index in [1.54, 1.807) is 60.7 Å². The number of carbonyl (C=O) groups is 3. The minimum absolute atomic E-state index is 0.129. The molecule has 1 aliphatic rings. The molecule has 2 atom stereocenters. The first-order valence-electron chi connectivity index (χ1n) is 10.7. The van der Waals surface area contributed by atoms with Gasteiger partial charge in [-0.3, -0.25) is 9.59 Å². The average Bonchev–Trinajstić information content (AvgIpc) is 2.90. The van der Waals surface area contributed by atoms with Crippen molar-refractivity contribution < 1.29 is 19.5 Å². The fourth-order valence-electron chi connectivity index (χ4n) is 4.08. The van der Waals surface area contributed by atoms with Crippen LogP contribution in [0.2, 0.25) is 10.0 Å². The van der Waals surface area contributed by atoms with Gasteiger partial charge < -0.3 is 15.3 Å². The summed E-state index contributed by atoms with van der Waals surface area (Å²) >= 11 is 12.0. The van der Waals surface area contributed by atoms with Gasteiger partial charge in [0.1, 0.15) is 6.04 Å². The fraction of sp³-hybridized carbons (Fsp3) is 0.192. The van der Waals surface area contributed by atoms with Gasteiger partial charge in [-0.25, -0.2) is 4.79 Å². The summed E-state index contributed by atoms with van der Waals surface area (Å²) in [5.41, 5.74) is 2.22. The maximum atomic E-state index is 14.0. The van der Waals surface area contributed by atoms with Gasteiger partial charge in [-0.1, -0.05) is 67.4 Å². The number of carboxylic acid groups (broad SMARTS) is 1. The monoisotopic (exact) mass is 496 g/mol. The van der Waals surface area contributed by atoms with Crippen LogP contribution in [0.3, 0.4) is 0 Å². The lowest BCUT2D eigenvalue weighted by Gasteiger charge is -2.34. The summed E-state index contributed by atoms with van der Waals surface area (Å²) < 4.78 is 0. The van der Waals surface area contributed by atoms with Crippen LogP contribution in [0.25, 0.3) is 0 Å². The van der Waals surface area contributed by atoms with Crippen molar-refractivity contribution in [2.45, 2.75) is 31.8 Å². The summed E-state index contributed by atoms with van der Waals surface area (Å²) in [6.45, 7) is 3.98. The molecule has 3 aromatic rings. The van der Waals surface area contributed by atoms with Crippen molar-refractivity contribution in [1.82, 2.24) is 4.90 Å². The number of nitrogens with zero attached hydrogens (tertiary/aromatic N) is 1. The van der Waals surface area contributed by atoms with Crippen molar-refractivity contribution >= 4 is 46.7 Å². The third kappa shape index (κ3) is 4.52. The van der Waals surface area contributed by atoms with E-state index in [-0.39, 0.29) is 11.5 Å². The van der Waals surface area contributed by atoms with Crippen molar-refractivity contribution in [3.63, 3.8) is 0 Å². The molecule has 3 aromatic carbocycles. The number of aliphatic carboxylic acids is 1. The van der Waals surface area contributed by atoms with Gasteiger partial charge in [0.2, 0.25) is 0 Å². The Balaban J connectivity index is 1.95. The number of carbonyl (C=O) groups excluding carboxylic acids is 2. The molecule has 2 N–H and O–H groups in total. The third-order valence-electron chi connectivity index (χ3n) is 5.84. The standard InChI is InChI=1S/C26H22Cl2N2O4/c1-14(2)17-7-12-21-20(13-17)25(32)30(23(26(33)34)16-5-10-19(28)11-6-16)22(24(31)29-21)15-3-8-18(27)9-4-15/h3-14,22-23H,1-2H3,(H,29,31)(H,33,34)/t22-,23-/m0/s1. The second-order valence-electron chi connectivity index (χ2n) is 8.41. The number of carboxylic acids is 1. The molecule has 6 nitrogen and oxygen atoms in total. The Labute approximate surface area is 207 Å². The first kappa shape index (κ1) is 23.8. The molecule has 1 heterocycles. The number of benzene rings is 3. The van der Waals surface area contributed by atoms with E-state index in [2.05, 4.69) is 5.32 Å². The quantitative estimate of drug-likeness (QED) is 0.448. The molecule has 0 unspecified atom stereocenters. The SMILES string of the molecule is CC(C)c1ccc2c(c1)C(=O)N([C@H](C(=O)O)c1ccc(Cl)cc1)[C@@H](c1ccc(Cl)cc1)C(=O)N2. The Kier molecular flexibility index (Phi) is 6.64. The van der Waals surface area contributed by atoms with Gasteiger partial charge in [-0.15, -0.1) is 0 Å². The van der Waals surface area contributed by atoms with Crippen LogP contribution in [0, 0.1) is 0 Å². The van der Waals surface area contributed by atoms with Crippen LogP contribution in [0.1, 0.15) is 58.9 Å². The van der Waals surface area contributed by atoms with Crippen molar-refractivity contribution in [3.05, 3.63) is 99.0 Å². The second kappa shape index (κ2) is 9.49. The number of anilines is 1. The van der Waals surface area contributed by atoms with Crippen LogP contribution < -0.4 is 5.32 Å². The van der Waals surface area contributed by atoms with Gasteiger partial charge in [0, 0.05) is 10.0 Å². The van der Waals surface area contributed by atoms with Crippen LogP contribution in [0.15, 0.2) is 66.7 Å². The number of rotatable bonds is 5. The molecule has 1 aliphatic heterocycles. The van der Waals surface area contributed by atoms with E-state index >= 15 is 0 Å². The summed E-state index contributed by atoms with van der Waals surface area (Å²) in [7, 11) is 0. The Hall–Kier alpha value is -3.35. The highest BCUT2D eigenvalue weighted by atomic mass is 35.5. The number of nitrogens with one attached hydrogen (secondary N) is 1.